The lowest BCUT2D eigenvalue weighted by Crippen LogP contribution is -2.46. The van der Waals surface area contributed by atoms with E-state index in [-0.39, 0.29) is 37.4 Å². The number of nitrogens with one attached hydrogen (secondary N) is 1. The second-order valence-electron chi connectivity index (χ2n) is 6.63. The molecule has 0 saturated heterocycles. The maximum atomic E-state index is 13.2. The maximum Gasteiger partial charge on any atom is 0.242 e. The van der Waals surface area contributed by atoms with Gasteiger partial charge >= 0.3 is 0 Å². The van der Waals surface area contributed by atoms with Gasteiger partial charge in [-0.3, -0.25) is 9.59 Å². The monoisotopic (exact) mass is 386 g/mol. The number of hydrogen-bond acceptors (Lipinski definition) is 4. The van der Waals surface area contributed by atoms with E-state index in [2.05, 4.69) is 5.32 Å². The average molecular weight is 386 g/mol. The number of carbonyl (C=O) groups excluding carboxylic acids is 2. The Bertz CT molecular complexity index is 854. The SMILES string of the molecule is CNC(=O)[C@@H](C)N(Cc1ccc(F)cc1)C(=O)CCc1ccc2c(c1)OCO2. The first-order valence-corrected chi connectivity index (χ1v) is 9.12. The fraction of sp³-hybridized carbons (Fsp3) is 0.333. The molecule has 0 aromatic heterocycles. The van der Waals surface area contributed by atoms with Crippen LogP contribution in [0.15, 0.2) is 42.5 Å². The second-order valence-corrected chi connectivity index (χ2v) is 6.63. The molecule has 2 amide bonds. The Morgan fingerprint density at radius 2 is 1.79 bits per heavy atom. The van der Waals surface area contributed by atoms with Gasteiger partial charge in [-0.05, 0) is 48.7 Å². The summed E-state index contributed by atoms with van der Waals surface area (Å²) in [4.78, 5) is 26.5. The van der Waals surface area contributed by atoms with Crippen molar-refractivity contribution in [2.75, 3.05) is 13.8 Å². The van der Waals surface area contributed by atoms with Crippen LogP contribution in [-0.2, 0) is 22.6 Å². The summed E-state index contributed by atoms with van der Waals surface area (Å²) in [5.74, 6) is 0.619. The largest absolute Gasteiger partial charge is 0.454 e. The summed E-state index contributed by atoms with van der Waals surface area (Å²) in [6, 6.07) is 10.9. The van der Waals surface area contributed by atoms with Crippen LogP contribution in [-0.4, -0.2) is 36.6 Å². The third-order valence-corrected chi connectivity index (χ3v) is 4.74. The van der Waals surface area contributed by atoms with Crippen molar-refractivity contribution < 1.29 is 23.5 Å². The molecule has 0 aliphatic carbocycles. The normalized spacial score (nSPS) is 13.1. The average Bonchev–Trinajstić information content (AvgIpc) is 3.18. The summed E-state index contributed by atoms with van der Waals surface area (Å²) in [6.45, 7) is 2.11. The summed E-state index contributed by atoms with van der Waals surface area (Å²) in [5.41, 5.74) is 1.71. The molecule has 6 nitrogen and oxygen atoms in total. The number of likely N-dealkylation sites (N-methyl/N-ethyl adjacent to an activating group) is 1. The first-order valence-electron chi connectivity index (χ1n) is 9.12. The summed E-state index contributed by atoms with van der Waals surface area (Å²) in [6.07, 6.45) is 0.748. The Kier molecular flexibility index (Phi) is 6.13. The van der Waals surface area contributed by atoms with E-state index in [1.807, 2.05) is 18.2 Å². The molecule has 1 heterocycles. The Morgan fingerprint density at radius 3 is 2.50 bits per heavy atom. The van der Waals surface area contributed by atoms with Crippen molar-refractivity contribution in [3.8, 4) is 11.5 Å². The van der Waals surface area contributed by atoms with E-state index in [0.29, 0.717) is 17.9 Å². The minimum atomic E-state index is -0.640. The Hall–Kier alpha value is -3.09. The number of fused-ring (bicyclic) bond motifs is 1. The van der Waals surface area contributed by atoms with Crippen LogP contribution in [0.25, 0.3) is 0 Å². The van der Waals surface area contributed by atoms with Crippen molar-refractivity contribution in [3.63, 3.8) is 0 Å². The summed E-state index contributed by atoms with van der Waals surface area (Å²) < 4.78 is 23.8. The van der Waals surface area contributed by atoms with Crippen LogP contribution in [0.5, 0.6) is 11.5 Å². The number of halogens is 1. The number of aryl methyl sites for hydroxylation is 1. The van der Waals surface area contributed by atoms with Gasteiger partial charge < -0.3 is 19.7 Å². The van der Waals surface area contributed by atoms with E-state index >= 15 is 0 Å². The fourth-order valence-electron chi connectivity index (χ4n) is 3.07. The van der Waals surface area contributed by atoms with E-state index in [9.17, 15) is 14.0 Å². The third kappa shape index (κ3) is 4.60. The number of rotatable bonds is 7. The molecule has 1 aliphatic heterocycles. The number of nitrogens with zero attached hydrogens (tertiary/aromatic N) is 1. The van der Waals surface area contributed by atoms with Crippen LogP contribution in [0.4, 0.5) is 4.39 Å². The highest BCUT2D eigenvalue weighted by Crippen LogP contribution is 2.32. The number of hydrogen-bond donors (Lipinski definition) is 1. The molecule has 148 valence electrons. The van der Waals surface area contributed by atoms with Gasteiger partial charge in [0.25, 0.3) is 0 Å². The molecule has 0 radical (unpaired) electrons. The molecule has 28 heavy (non-hydrogen) atoms. The molecular weight excluding hydrogens is 363 g/mol. The van der Waals surface area contributed by atoms with Gasteiger partial charge in [0.2, 0.25) is 18.6 Å². The van der Waals surface area contributed by atoms with Gasteiger partial charge in [0.05, 0.1) is 0 Å². The first-order chi connectivity index (χ1) is 13.5. The highest BCUT2D eigenvalue weighted by atomic mass is 19.1. The molecule has 2 aromatic rings. The molecule has 1 N–H and O–H groups in total. The highest BCUT2D eigenvalue weighted by molar-refractivity contribution is 5.87. The molecule has 3 rings (SSSR count). The van der Waals surface area contributed by atoms with Gasteiger partial charge in [-0.25, -0.2) is 4.39 Å². The Balaban J connectivity index is 1.70. The quantitative estimate of drug-likeness (QED) is 0.794. The van der Waals surface area contributed by atoms with E-state index in [4.69, 9.17) is 9.47 Å². The van der Waals surface area contributed by atoms with Gasteiger partial charge in [0.1, 0.15) is 11.9 Å². The van der Waals surface area contributed by atoms with Gasteiger partial charge in [0, 0.05) is 20.0 Å². The molecule has 7 heteroatoms. The van der Waals surface area contributed by atoms with Crippen molar-refractivity contribution in [1.82, 2.24) is 10.2 Å². The molecule has 0 fully saturated rings. The van der Waals surface area contributed by atoms with Crippen molar-refractivity contribution in [2.45, 2.75) is 32.4 Å². The number of carbonyl (C=O) groups is 2. The van der Waals surface area contributed by atoms with Crippen LogP contribution in [0, 0.1) is 5.82 Å². The minimum Gasteiger partial charge on any atom is -0.454 e. The fourth-order valence-corrected chi connectivity index (χ4v) is 3.07. The Labute approximate surface area is 163 Å². The van der Waals surface area contributed by atoms with Gasteiger partial charge in [-0.1, -0.05) is 18.2 Å². The van der Waals surface area contributed by atoms with E-state index in [1.54, 1.807) is 19.1 Å². The van der Waals surface area contributed by atoms with Crippen molar-refractivity contribution >= 4 is 11.8 Å². The zero-order valence-electron chi connectivity index (χ0n) is 15.9. The predicted molar refractivity (Wildman–Crippen MR) is 101 cm³/mol. The number of benzene rings is 2. The minimum absolute atomic E-state index is 0.155. The van der Waals surface area contributed by atoms with E-state index in [0.717, 1.165) is 11.1 Å². The first kappa shape index (κ1) is 19.7. The second kappa shape index (κ2) is 8.73. The summed E-state index contributed by atoms with van der Waals surface area (Å²) in [7, 11) is 1.53. The van der Waals surface area contributed by atoms with Crippen LogP contribution in [0.3, 0.4) is 0 Å². The molecule has 0 spiro atoms. The summed E-state index contributed by atoms with van der Waals surface area (Å²) in [5, 5.41) is 2.57. The van der Waals surface area contributed by atoms with Crippen molar-refractivity contribution in [1.29, 1.82) is 0 Å². The van der Waals surface area contributed by atoms with Crippen molar-refractivity contribution in [2.24, 2.45) is 0 Å². The lowest BCUT2D eigenvalue weighted by molar-refractivity contribution is -0.140. The molecule has 0 bridgehead atoms. The smallest absolute Gasteiger partial charge is 0.242 e. The van der Waals surface area contributed by atoms with Crippen LogP contribution >= 0.6 is 0 Å². The lowest BCUT2D eigenvalue weighted by atomic mass is 10.1. The highest BCUT2D eigenvalue weighted by Gasteiger charge is 2.25. The van der Waals surface area contributed by atoms with Crippen molar-refractivity contribution in [3.05, 3.63) is 59.4 Å². The Morgan fingerprint density at radius 1 is 1.11 bits per heavy atom. The standard InChI is InChI=1S/C21H23FN2O4/c1-14(21(26)23-2)24(12-16-3-7-17(22)8-4-16)20(25)10-6-15-5-9-18-19(11-15)28-13-27-18/h3-5,7-9,11,14H,6,10,12-13H2,1-2H3,(H,23,26)/t14-/m1/s1. The molecule has 0 unspecified atom stereocenters. The van der Waals surface area contributed by atoms with Crippen LogP contribution in [0.2, 0.25) is 0 Å². The maximum absolute atomic E-state index is 13.2. The zero-order valence-corrected chi connectivity index (χ0v) is 15.9. The van der Waals surface area contributed by atoms with E-state index < -0.39 is 6.04 Å². The molecular formula is C21H23FN2O4. The predicted octanol–water partition coefficient (Wildman–Crippen LogP) is 2.65. The molecule has 0 saturated carbocycles. The third-order valence-electron chi connectivity index (χ3n) is 4.74. The number of amides is 2. The molecule has 1 aliphatic rings. The van der Waals surface area contributed by atoms with E-state index in [1.165, 1.54) is 24.1 Å². The topological polar surface area (TPSA) is 67.9 Å². The van der Waals surface area contributed by atoms with Crippen LogP contribution < -0.4 is 14.8 Å². The van der Waals surface area contributed by atoms with Gasteiger partial charge in [-0.2, -0.15) is 0 Å². The lowest BCUT2D eigenvalue weighted by Gasteiger charge is -2.28. The zero-order chi connectivity index (χ0) is 20.1. The van der Waals surface area contributed by atoms with Gasteiger partial charge in [0.15, 0.2) is 11.5 Å². The van der Waals surface area contributed by atoms with Gasteiger partial charge in [-0.15, -0.1) is 0 Å². The number of ether oxygens (including phenoxy) is 2. The van der Waals surface area contributed by atoms with Crippen LogP contribution in [0.1, 0.15) is 24.5 Å². The molecule has 2 aromatic carbocycles. The summed E-state index contributed by atoms with van der Waals surface area (Å²) >= 11 is 0. The molecule has 1 atom stereocenters.